The van der Waals surface area contributed by atoms with E-state index in [1.165, 1.54) is 6.92 Å². The fourth-order valence-corrected chi connectivity index (χ4v) is 4.47. The van der Waals surface area contributed by atoms with Crippen LogP contribution >= 0.6 is 0 Å². The molecule has 3 aliphatic rings. The molecule has 0 aromatic heterocycles. The van der Waals surface area contributed by atoms with Gasteiger partial charge in [-0.1, -0.05) is 19.9 Å². The molecule has 0 aromatic carbocycles. The van der Waals surface area contributed by atoms with Crippen LogP contribution in [0.4, 0.5) is 0 Å². The number of hydrogen-bond donors (Lipinski definition) is 0. The summed E-state index contributed by atoms with van der Waals surface area (Å²) in [6.45, 7) is 6.18. The first-order valence-corrected chi connectivity index (χ1v) is 7.90. The van der Waals surface area contributed by atoms with Gasteiger partial charge in [0.25, 0.3) is 0 Å². The van der Waals surface area contributed by atoms with E-state index >= 15 is 0 Å². The van der Waals surface area contributed by atoms with Crippen molar-refractivity contribution < 1.29 is 19.1 Å². The molecule has 3 unspecified atom stereocenters. The Morgan fingerprint density at radius 2 is 2.19 bits per heavy atom. The summed E-state index contributed by atoms with van der Waals surface area (Å²) in [7, 11) is 0. The SMILES string of the molecule is CC(=O)OCC12CCC=C(CCC3C1CC3(C)C)C(=O)O2. The van der Waals surface area contributed by atoms with Crippen LogP contribution in [0, 0.1) is 17.3 Å². The van der Waals surface area contributed by atoms with Gasteiger partial charge in [0.05, 0.1) is 0 Å². The maximum Gasteiger partial charge on any atom is 0.334 e. The summed E-state index contributed by atoms with van der Waals surface area (Å²) in [5.41, 5.74) is 0.466. The highest BCUT2D eigenvalue weighted by molar-refractivity contribution is 5.89. The third-order valence-electron chi connectivity index (χ3n) is 5.67. The first kappa shape index (κ1) is 14.6. The van der Waals surface area contributed by atoms with Crippen molar-refractivity contribution in [1.82, 2.24) is 0 Å². The van der Waals surface area contributed by atoms with Gasteiger partial charge in [-0.15, -0.1) is 0 Å². The fourth-order valence-electron chi connectivity index (χ4n) is 4.47. The van der Waals surface area contributed by atoms with E-state index in [0.717, 1.165) is 37.7 Å². The molecule has 2 bridgehead atoms. The highest BCUT2D eigenvalue weighted by Gasteiger charge is 2.59. The number of ether oxygens (including phenoxy) is 2. The van der Waals surface area contributed by atoms with Crippen LogP contribution in [-0.2, 0) is 19.1 Å². The molecule has 4 nitrogen and oxygen atoms in total. The van der Waals surface area contributed by atoms with Gasteiger partial charge >= 0.3 is 11.9 Å². The first-order valence-electron chi connectivity index (χ1n) is 7.90. The van der Waals surface area contributed by atoms with E-state index in [1.54, 1.807) is 0 Å². The minimum Gasteiger partial charge on any atom is -0.462 e. The second-order valence-corrected chi connectivity index (χ2v) is 7.45. The predicted molar refractivity (Wildman–Crippen MR) is 77.4 cm³/mol. The molecule has 0 aromatic rings. The van der Waals surface area contributed by atoms with Crippen molar-refractivity contribution >= 4 is 11.9 Å². The van der Waals surface area contributed by atoms with Gasteiger partial charge in [-0.05, 0) is 43.4 Å². The molecule has 21 heavy (non-hydrogen) atoms. The third kappa shape index (κ3) is 2.39. The molecule has 116 valence electrons. The Balaban J connectivity index is 1.93. The lowest BCUT2D eigenvalue weighted by molar-refractivity contribution is -0.210. The highest BCUT2D eigenvalue weighted by atomic mass is 16.6. The zero-order valence-electron chi connectivity index (χ0n) is 13.1. The van der Waals surface area contributed by atoms with E-state index < -0.39 is 5.60 Å². The Hall–Kier alpha value is -1.32. The smallest absolute Gasteiger partial charge is 0.334 e. The van der Waals surface area contributed by atoms with E-state index in [2.05, 4.69) is 13.8 Å². The maximum atomic E-state index is 12.3. The van der Waals surface area contributed by atoms with Gasteiger partial charge in [-0.3, -0.25) is 4.79 Å². The Bertz CT molecular complexity index is 505. The zero-order chi connectivity index (χ0) is 15.3. The van der Waals surface area contributed by atoms with Crippen LogP contribution in [0.2, 0.25) is 0 Å². The lowest BCUT2D eigenvalue weighted by atomic mass is 9.49. The molecule has 4 heteroatoms. The van der Waals surface area contributed by atoms with Crippen molar-refractivity contribution in [3.63, 3.8) is 0 Å². The summed E-state index contributed by atoms with van der Waals surface area (Å²) in [5, 5.41) is 0. The molecular formula is C17H24O4. The van der Waals surface area contributed by atoms with E-state index in [0.29, 0.717) is 11.8 Å². The summed E-state index contributed by atoms with van der Waals surface area (Å²) >= 11 is 0. The molecule has 2 heterocycles. The molecule has 1 aliphatic carbocycles. The number of esters is 2. The lowest BCUT2D eigenvalue weighted by Gasteiger charge is -2.59. The van der Waals surface area contributed by atoms with Gasteiger partial charge < -0.3 is 9.47 Å². The van der Waals surface area contributed by atoms with Gasteiger partial charge in [-0.25, -0.2) is 4.79 Å². The summed E-state index contributed by atoms with van der Waals surface area (Å²) in [4.78, 5) is 23.5. The summed E-state index contributed by atoms with van der Waals surface area (Å²) < 4.78 is 11.2. The third-order valence-corrected chi connectivity index (χ3v) is 5.67. The van der Waals surface area contributed by atoms with E-state index in [4.69, 9.17) is 9.47 Å². The molecule has 0 N–H and O–H groups in total. The number of rotatable bonds is 2. The average molecular weight is 292 g/mol. The second kappa shape index (κ2) is 4.85. The number of fused-ring (bicyclic) bond motifs is 5. The van der Waals surface area contributed by atoms with E-state index in [9.17, 15) is 9.59 Å². The molecule has 0 radical (unpaired) electrons. The molecule has 0 spiro atoms. The summed E-state index contributed by atoms with van der Waals surface area (Å²) in [5.74, 6) is 0.323. The topological polar surface area (TPSA) is 52.6 Å². The van der Waals surface area contributed by atoms with Crippen molar-refractivity contribution in [2.75, 3.05) is 6.61 Å². The molecular weight excluding hydrogens is 268 g/mol. The van der Waals surface area contributed by atoms with E-state index in [-0.39, 0.29) is 24.0 Å². The number of carbonyl (C=O) groups excluding carboxylic acids is 2. The maximum absolute atomic E-state index is 12.3. The normalized spacial score (nSPS) is 37.1. The van der Waals surface area contributed by atoms with Crippen molar-refractivity contribution in [3.8, 4) is 0 Å². The fraction of sp³-hybridized carbons (Fsp3) is 0.765. The first-order chi connectivity index (χ1) is 9.84. The van der Waals surface area contributed by atoms with Crippen molar-refractivity contribution in [3.05, 3.63) is 11.6 Å². The predicted octanol–water partition coefficient (Wildman–Crippen LogP) is 3.01. The monoisotopic (exact) mass is 292 g/mol. The number of allylic oxidation sites excluding steroid dienone is 1. The number of carbonyl (C=O) groups is 2. The second-order valence-electron chi connectivity index (χ2n) is 7.45. The Morgan fingerprint density at radius 1 is 1.43 bits per heavy atom. The van der Waals surface area contributed by atoms with Crippen LogP contribution in [-0.4, -0.2) is 24.1 Å². The van der Waals surface area contributed by atoms with Crippen LogP contribution < -0.4 is 0 Å². The van der Waals surface area contributed by atoms with Gasteiger partial charge in [0.15, 0.2) is 0 Å². The van der Waals surface area contributed by atoms with Crippen LogP contribution in [0.3, 0.4) is 0 Å². The number of hydrogen-bond acceptors (Lipinski definition) is 4. The zero-order valence-corrected chi connectivity index (χ0v) is 13.1. The van der Waals surface area contributed by atoms with Crippen LogP contribution in [0.5, 0.6) is 0 Å². The van der Waals surface area contributed by atoms with Gasteiger partial charge in [-0.2, -0.15) is 0 Å². The molecule has 3 rings (SSSR count). The molecule has 0 amide bonds. The molecule has 1 saturated heterocycles. The minimum absolute atomic E-state index is 0.201. The van der Waals surface area contributed by atoms with Crippen molar-refractivity contribution in [2.45, 2.75) is 58.5 Å². The highest BCUT2D eigenvalue weighted by Crippen LogP contribution is 2.60. The Labute approximate surface area is 125 Å². The van der Waals surface area contributed by atoms with Crippen LogP contribution in [0.1, 0.15) is 52.9 Å². The summed E-state index contributed by atoms with van der Waals surface area (Å²) in [6.07, 6.45) is 6.48. The molecule has 1 saturated carbocycles. The van der Waals surface area contributed by atoms with E-state index in [1.807, 2.05) is 6.08 Å². The van der Waals surface area contributed by atoms with Crippen LogP contribution in [0.15, 0.2) is 11.6 Å². The van der Waals surface area contributed by atoms with Crippen LogP contribution in [0.25, 0.3) is 0 Å². The average Bonchev–Trinajstić information content (AvgIpc) is 2.50. The molecule has 2 fully saturated rings. The minimum atomic E-state index is -0.623. The van der Waals surface area contributed by atoms with Gasteiger partial charge in [0.2, 0.25) is 0 Å². The standard InChI is InChI=1S/C17H24O4/c1-11(18)20-10-17-8-4-5-12(15(19)21-17)6-7-13-14(17)9-16(13,2)3/h5,13-14H,4,6-10H2,1-3H3. The van der Waals surface area contributed by atoms with Gasteiger partial charge in [0, 0.05) is 18.4 Å². The van der Waals surface area contributed by atoms with Gasteiger partial charge in [0.1, 0.15) is 12.2 Å². The lowest BCUT2D eigenvalue weighted by Crippen LogP contribution is -2.60. The Kier molecular flexibility index (Phi) is 3.38. The van der Waals surface area contributed by atoms with Crippen molar-refractivity contribution in [2.24, 2.45) is 17.3 Å². The molecule has 3 atom stereocenters. The Morgan fingerprint density at radius 3 is 2.86 bits per heavy atom. The largest absolute Gasteiger partial charge is 0.462 e. The quantitative estimate of drug-likeness (QED) is 0.734. The molecule has 2 aliphatic heterocycles. The summed E-state index contributed by atoms with van der Waals surface area (Å²) in [6, 6.07) is 0. The van der Waals surface area contributed by atoms with Crippen molar-refractivity contribution in [1.29, 1.82) is 0 Å².